The van der Waals surface area contributed by atoms with Crippen LogP contribution in [0.3, 0.4) is 0 Å². The average molecular weight is 276 g/mol. The Morgan fingerprint density at radius 1 is 1.05 bits per heavy atom. The number of pyridine rings is 1. The quantitative estimate of drug-likeness (QED) is 0.624. The SMILES string of the molecule is c1cc(-c2nc(Cc3ccncc3)no2)c2[nH]ccc2c1. The fraction of sp³-hybridized carbons (Fsp3) is 0.0625. The summed E-state index contributed by atoms with van der Waals surface area (Å²) < 4.78 is 5.40. The molecule has 1 aromatic carbocycles. The second-order valence-corrected chi connectivity index (χ2v) is 4.80. The lowest BCUT2D eigenvalue weighted by Crippen LogP contribution is -1.90. The van der Waals surface area contributed by atoms with Gasteiger partial charge >= 0.3 is 0 Å². The Bertz CT molecular complexity index is 879. The van der Waals surface area contributed by atoms with E-state index in [4.69, 9.17) is 4.52 Å². The number of nitrogens with zero attached hydrogens (tertiary/aromatic N) is 3. The molecule has 0 saturated carbocycles. The van der Waals surface area contributed by atoms with Crippen molar-refractivity contribution in [1.29, 1.82) is 0 Å². The molecule has 1 N–H and O–H groups in total. The molecule has 0 aliphatic carbocycles. The van der Waals surface area contributed by atoms with Crippen LogP contribution in [-0.4, -0.2) is 20.1 Å². The maximum absolute atomic E-state index is 5.40. The first-order valence-corrected chi connectivity index (χ1v) is 6.68. The van der Waals surface area contributed by atoms with Crippen LogP contribution in [0.5, 0.6) is 0 Å². The number of benzene rings is 1. The molecule has 0 radical (unpaired) electrons. The molecule has 0 spiro atoms. The molecule has 0 bridgehead atoms. The first-order chi connectivity index (χ1) is 10.4. The van der Waals surface area contributed by atoms with Gasteiger partial charge in [0.1, 0.15) is 0 Å². The van der Waals surface area contributed by atoms with Gasteiger partial charge in [-0.25, -0.2) is 0 Å². The number of rotatable bonds is 3. The summed E-state index contributed by atoms with van der Waals surface area (Å²) in [5, 5.41) is 5.18. The van der Waals surface area contributed by atoms with Crippen LogP contribution < -0.4 is 0 Å². The van der Waals surface area contributed by atoms with E-state index in [1.165, 1.54) is 0 Å². The number of fused-ring (bicyclic) bond motifs is 1. The third kappa shape index (κ3) is 2.18. The molecule has 0 fully saturated rings. The molecule has 0 aliphatic heterocycles. The minimum atomic E-state index is 0.534. The molecule has 4 rings (SSSR count). The highest BCUT2D eigenvalue weighted by molar-refractivity contribution is 5.91. The molecule has 5 nitrogen and oxygen atoms in total. The molecular formula is C16H12N4O. The summed E-state index contributed by atoms with van der Waals surface area (Å²) in [4.78, 5) is 11.7. The van der Waals surface area contributed by atoms with E-state index in [1.54, 1.807) is 12.4 Å². The molecule has 0 aliphatic rings. The summed E-state index contributed by atoms with van der Waals surface area (Å²) >= 11 is 0. The van der Waals surface area contributed by atoms with Gasteiger partial charge in [0.25, 0.3) is 5.89 Å². The lowest BCUT2D eigenvalue weighted by Gasteiger charge is -1.96. The lowest BCUT2D eigenvalue weighted by atomic mass is 10.1. The third-order valence-corrected chi connectivity index (χ3v) is 3.40. The van der Waals surface area contributed by atoms with Crippen LogP contribution in [0.2, 0.25) is 0 Å². The zero-order valence-electron chi connectivity index (χ0n) is 11.2. The van der Waals surface area contributed by atoms with Crippen LogP contribution in [0, 0.1) is 0 Å². The van der Waals surface area contributed by atoms with Gasteiger partial charge in [-0.15, -0.1) is 0 Å². The molecule has 0 atom stereocenters. The minimum absolute atomic E-state index is 0.534. The summed E-state index contributed by atoms with van der Waals surface area (Å²) in [6.07, 6.45) is 6.06. The van der Waals surface area contributed by atoms with E-state index in [1.807, 2.05) is 42.6 Å². The Balaban J connectivity index is 1.70. The molecule has 21 heavy (non-hydrogen) atoms. The van der Waals surface area contributed by atoms with Gasteiger partial charge in [-0.2, -0.15) is 4.98 Å². The second-order valence-electron chi connectivity index (χ2n) is 4.80. The van der Waals surface area contributed by atoms with Crippen LogP contribution in [0.1, 0.15) is 11.4 Å². The van der Waals surface area contributed by atoms with Gasteiger partial charge in [0.05, 0.1) is 11.1 Å². The van der Waals surface area contributed by atoms with E-state index in [0.717, 1.165) is 22.0 Å². The maximum atomic E-state index is 5.40. The van der Waals surface area contributed by atoms with Crippen LogP contribution in [0.15, 0.2) is 59.5 Å². The molecule has 0 saturated heterocycles. The number of hydrogen-bond acceptors (Lipinski definition) is 4. The standard InChI is InChI=1S/C16H12N4O/c1-2-12-6-9-18-15(12)13(3-1)16-19-14(20-21-16)10-11-4-7-17-8-5-11/h1-9,18H,10H2. The monoisotopic (exact) mass is 276 g/mol. The molecule has 0 unspecified atom stereocenters. The van der Waals surface area contributed by atoms with Gasteiger partial charge in [-0.3, -0.25) is 4.98 Å². The Kier molecular flexibility index (Phi) is 2.74. The van der Waals surface area contributed by atoms with E-state index in [0.29, 0.717) is 18.1 Å². The number of hydrogen-bond donors (Lipinski definition) is 1. The normalized spacial score (nSPS) is 11.0. The number of nitrogens with one attached hydrogen (secondary N) is 1. The zero-order valence-corrected chi connectivity index (χ0v) is 11.2. The fourth-order valence-corrected chi connectivity index (χ4v) is 2.38. The Hall–Kier alpha value is -2.95. The zero-order chi connectivity index (χ0) is 14.1. The van der Waals surface area contributed by atoms with Crippen molar-refractivity contribution in [1.82, 2.24) is 20.1 Å². The summed E-state index contributed by atoms with van der Waals surface area (Å²) in [7, 11) is 0. The molecule has 5 heteroatoms. The number of para-hydroxylation sites is 1. The summed E-state index contributed by atoms with van der Waals surface area (Å²) in [6.45, 7) is 0. The highest BCUT2D eigenvalue weighted by atomic mass is 16.5. The smallest absolute Gasteiger partial charge is 0.260 e. The van der Waals surface area contributed by atoms with Crippen molar-refractivity contribution in [2.45, 2.75) is 6.42 Å². The fourth-order valence-electron chi connectivity index (χ4n) is 2.38. The first-order valence-electron chi connectivity index (χ1n) is 6.68. The summed E-state index contributed by atoms with van der Waals surface area (Å²) in [6, 6.07) is 11.9. The van der Waals surface area contributed by atoms with E-state index < -0.39 is 0 Å². The topological polar surface area (TPSA) is 67.6 Å². The molecular weight excluding hydrogens is 264 g/mol. The number of H-pyrrole nitrogens is 1. The Morgan fingerprint density at radius 3 is 2.86 bits per heavy atom. The summed E-state index contributed by atoms with van der Waals surface area (Å²) in [5.74, 6) is 1.20. The Morgan fingerprint density at radius 2 is 1.95 bits per heavy atom. The van der Waals surface area contributed by atoms with Gasteiger partial charge < -0.3 is 9.51 Å². The van der Waals surface area contributed by atoms with E-state index >= 15 is 0 Å². The number of aromatic amines is 1. The molecule has 3 aromatic heterocycles. The highest BCUT2D eigenvalue weighted by Gasteiger charge is 2.12. The third-order valence-electron chi connectivity index (χ3n) is 3.40. The van der Waals surface area contributed by atoms with Gasteiger partial charge in [-0.05, 0) is 29.8 Å². The van der Waals surface area contributed by atoms with Crippen molar-refractivity contribution in [3.8, 4) is 11.5 Å². The largest absolute Gasteiger partial charge is 0.361 e. The minimum Gasteiger partial charge on any atom is -0.361 e. The predicted octanol–water partition coefficient (Wildman–Crippen LogP) is 3.20. The van der Waals surface area contributed by atoms with Gasteiger partial charge in [0, 0.05) is 30.4 Å². The maximum Gasteiger partial charge on any atom is 0.260 e. The number of aromatic nitrogens is 4. The second kappa shape index (κ2) is 4.86. The summed E-state index contributed by atoms with van der Waals surface area (Å²) in [5.41, 5.74) is 3.04. The predicted molar refractivity (Wildman–Crippen MR) is 78.6 cm³/mol. The van der Waals surface area contributed by atoms with Crippen LogP contribution in [0.25, 0.3) is 22.4 Å². The van der Waals surface area contributed by atoms with Gasteiger partial charge in [-0.1, -0.05) is 17.3 Å². The van der Waals surface area contributed by atoms with E-state index in [-0.39, 0.29) is 0 Å². The average Bonchev–Trinajstić information content (AvgIpc) is 3.16. The van der Waals surface area contributed by atoms with Crippen LogP contribution in [0.4, 0.5) is 0 Å². The van der Waals surface area contributed by atoms with Crippen molar-refractivity contribution >= 4 is 10.9 Å². The molecule has 0 amide bonds. The van der Waals surface area contributed by atoms with Gasteiger partial charge in [0.15, 0.2) is 5.82 Å². The van der Waals surface area contributed by atoms with Crippen molar-refractivity contribution in [3.05, 3.63) is 66.4 Å². The van der Waals surface area contributed by atoms with Crippen molar-refractivity contribution in [3.63, 3.8) is 0 Å². The van der Waals surface area contributed by atoms with Crippen molar-refractivity contribution in [2.24, 2.45) is 0 Å². The highest BCUT2D eigenvalue weighted by Crippen LogP contribution is 2.26. The van der Waals surface area contributed by atoms with Crippen molar-refractivity contribution in [2.75, 3.05) is 0 Å². The van der Waals surface area contributed by atoms with Crippen molar-refractivity contribution < 1.29 is 4.52 Å². The van der Waals surface area contributed by atoms with E-state index in [9.17, 15) is 0 Å². The molecule has 102 valence electrons. The molecule has 4 aromatic rings. The first kappa shape index (κ1) is 11.8. The van der Waals surface area contributed by atoms with E-state index in [2.05, 4.69) is 20.1 Å². The lowest BCUT2D eigenvalue weighted by molar-refractivity contribution is 0.424. The van der Waals surface area contributed by atoms with Crippen LogP contribution >= 0.6 is 0 Å². The molecule has 3 heterocycles. The Labute approximate surface area is 120 Å². The van der Waals surface area contributed by atoms with Gasteiger partial charge in [0.2, 0.25) is 0 Å². The van der Waals surface area contributed by atoms with Crippen LogP contribution in [-0.2, 0) is 6.42 Å².